The monoisotopic (exact) mass is 282 g/mol. The van der Waals surface area contributed by atoms with Crippen molar-refractivity contribution in [3.63, 3.8) is 0 Å². The minimum Gasteiger partial charge on any atom is -0.292 e. The molecule has 1 aromatic carbocycles. The fourth-order valence-electron chi connectivity index (χ4n) is 1.66. The van der Waals surface area contributed by atoms with E-state index in [4.69, 9.17) is 23.2 Å². The molecule has 3 nitrogen and oxygen atoms in total. The van der Waals surface area contributed by atoms with E-state index in [9.17, 15) is 4.79 Å². The van der Waals surface area contributed by atoms with Gasteiger partial charge in [-0.25, -0.2) is 0 Å². The maximum absolute atomic E-state index is 12.3. The van der Waals surface area contributed by atoms with E-state index in [0.29, 0.717) is 21.3 Å². The summed E-state index contributed by atoms with van der Waals surface area (Å²) in [5.41, 5.74) is 1.28. The summed E-state index contributed by atoms with van der Waals surface area (Å²) >= 11 is 11.8. The highest BCUT2D eigenvalue weighted by Crippen LogP contribution is 2.20. The van der Waals surface area contributed by atoms with Gasteiger partial charge < -0.3 is 0 Å². The van der Waals surface area contributed by atoms with Gasteiger partial charge in [0.2, 0.25) is 0 Å². The molecular formula is C13H12Cl2N2O. The second-order valence-electron chi connectivity index (χ2n) is 4.09. The summed E-state index contributed by atoms with van der Waals surface area (Å²) in [6.45, 7) is 3.58. The second-order valence-corrected chi connectivity index (χ2v) is 4.94. The van der Waals surface area contributed by atoms with Gasteiger partial charge in [0.1, 0.15) is 6.04 Å². The predicted molar refractivity (Wildman–Crippen MR) is 72.5 cm³/mol. The average Bonchev–Trinajstić information content (AvgIpc) is 2.68. The van der Waals surface area contributed by atoms with Crippen LogP contribution in [0.5, 0.6) is 0 Å². The third kappa shape index (κ3) is 2.57. The number of nitrogens with zero attached hydrogens (tertiary/aromatic N) is 2. The van der Waals surface area contributed by atoms with Crippen molar-refractivity contribution in [2.75, 3.05) is 0 Å². The Labute approximate surface area is 115 Å². The fourth-order valence-corrected chi connectivity index (χ4v) is 1.99. The molecule has 5 heteroatoms. The van der Waals surface area contributed by atoms with E-state index >= 15 is 0 Å². The zero-order valence-corrected chi connectivity index (χ0v) is 11.5. The van der Waals surface area contributed by atoms with E-state index in [0.717, 1.165) is 0 Å². The number of benzene rings is 1. The molecule has 2 aromatic rings. The lowest BCUT2D eigenvalue weighted by Gasteiger charge is -2.11. The lowest BCUT2D eigenvalue weighted by atomic mass is 10.1. The maximum atomic E-state index is 12.3. The molecule has 1 unspecified atom stereocenters. The summed E-state index contributed by atoms with van der Waals surface area (Å²) in [7, 11) is 0. The molecule has 2 rings (SSSR count). The fraction of sp³-hybridized carbons (Fsp3) is 0.231. The van der Waals surface area contributed by atoms with Crippen LogP contribution in [-0.2, 0) is 0 Å². The minimum absolute atomic E-state index is 0.0448. The van der Waals surface area contributed by atoms with Crippen molar-refractivity contribution in [3.8, 4) is 0 Å². The first-order chi connectivity index (χ1) is 8.49. The van der Waals surface area contributed by atoms with Gasteiger partial charge in [-0.2, -0.15) is 5.10 Å². The Kier molecular flexibility index (Phi) is 3.73. The predicted octanol–water partition coefficient (Wildman–Crippen LogP) is 3.94. The van der Waals surface area contributed by atoms with Crippen LogP contribution in [0.1, 0.15) is 29.0 Å². The van der Waals surface area contributed by atoms with E-state index in [1.165, 1.54) is 0 Å². The van der Waals surface area contributed by atoms with Crippen molar-refractivity contribution in [1.29, 1.82) is 0 Å². The summed E-state index contributed by atoms with van der Waals surface area (Å²) in [5.74, 6) is -0.0448. The van der Waals surface area contributed by atoms with Gasteiger partial charge in [0, 0.05) is 16.8 Å². The van der Waals surface area contributed by atoms with Crippen molar-refractivity contribution in [3.05, 3.63) is 51.8 Å². The van der Waals surface area contributed by atoms with Crippen molar-refractivity contribution in [2.45, 2.75) is 19.9 Å². The standard InChI is InChI=1S/C13H12Cl2N2O/c1-8-12(15)7-17(16-8)9(2)13(18)10-4-3-5-11(14)6-10/h3-7,9H,1-2H3. The number of aryl methyl sites for hydroxylation is 1. The van der Waals surface area contributed by atoms with E-state index in [2.05, 4.69) is 5.10 Å². The van der Waals surface area contributed by atoms with Gasteiger partial charge in [-0.05, 0) is 26.0 Å². The molecule has 18 heavy (non-hydrogen) atoms. The van der Waals surface area contributed by atoms with Crippen molar-refractivity contribution >= 4 is 29.0 Å². The number of hydrogen-bond acceptors (Lipinski definition) is 2. The first-order valence-corrected chi connectivity index (χ1v) is 6.25. The number of ketones is 1. The first-order valence-electron chi connectivity index (χ1n) is 5.50. The average molecular weight is 283 g/mol. The molecule has 0 saturated carbocycles. The zero-order chi connectivity index (χ0) is 13.3. The van der Waals surface area contributed by atoms with Gasteiger partial charge in [0.25, 0.3) is 0 Å². The molecule has 0 aliphatic heterocycles. The van der Waals surface area contributed by atoms with Gasteiger partial charge in [-0.1, -0.05) is 35.3 Å². The van der Waals surface area contributed by atoms with Crippen molar-refractivity contribution in [1.82, 2.24) is 9.78 Å². The molecule has 0 amide bonds. The van der Waals surface area contributed by atoms with Gasteiger partial charge in [-0.3, -0.25) is 9.48 Å². The van der Waals surface area contributed by atoms with Gasteiger partial charge >= 0.3 is 0 Å². The third-order valence-corrected chi connectivity index (χ3v) is 3.35. The molecule has 0 spiro atoms. The summed E-state index contributed by atoms with van der Waals surface area (Å²) in [4.78, 5) is 12.3. The van der Waals surface area contributed by atoms with E-state index < -0.39 is 6.04 Å². The number of Topliss-reactive ketones (excluding diaryl/α,β-unsaturated/α-hetero) is 1. The molecule has 94 valence electrons. The van der Waals surface area contributed by atoms with Gasteiger partial charge in [-0.15, -0.1) is 0 Å². The highest BCUT2D eigenvalue weighted by molar-refractivity contribution is 6.31. The van der Waals surface area contributed by atoms with Crippen LogP contribution in [0.25, 0.3) is 0 Å². The third-order valence-electron chi connectivity index (χ3n) is 2.74. The second kappa shape index (κ2) is 5.12. The molecule has 0 radical (unpaired) electrons. The minimum atomic E-state index is -0.408. The van der Waals surface area contributed by atoms with Crippen LogP contribution in [0.2, 0.25) is 10.0 Å². The molecule has 0 saturated heterocycles. The SMILES string of the molecule is Cc1nn(C(C)C(=O)c2cccc(Cl)c2)cc1Cl. The normalized spacial score (nSPS) is 12.4. The lowest BCUT2D eigenvalue weighted by molar-refractivity contribution is 0.0928. The number of rotatable bonds is 3. The number of hydrogen-bond donors (Lipinski definition) is 0. The smallest absolute Gasteiger partial charge is 0.187 e. The van der Waals surface area contributed by atoms with Crippen LogP contribution in [0.4, 0.5) is 0 Å². The van der Waals surface area contributed by atoms with Crippen LogP contribution >= 0.6 is 23.2 Å². The largest absolute Gasteiger partial charge is 0.292 e. The molecule has 0 fully saturated rings. The van der Waals surface area contributed by atoms with Crippen LogP contribution in [0.3, 0.4) is 0 Å². The zero-order valence-electron chi connectivity index (χ0n) is 10.0. The van der Waals surface area contributed by atoms with Crippen LogP contribution < -0.4 is 0 Å². The van der Waals surface area contributed by atoms with E-state index in [-0.39, 0.29) is 5.78 Å². The Morgan fingerprint density at radius 1 is 1.39 bits per heavy atom. The molecule has 0 N–H and O–H groups in total. The molecule has 0 aliphatic carbocycles. The van der Waals surface area contributed by atoms with E-state index in [1.54, 1.807) is 49.0 Å². The Hall–Kier alpha value is -1.32. The summed E-state index contributed by atoms with van der Waals surface area (Å²) < 4.78 is 1.57. The Morgan fingerprint density at radius 3 is 2.67 bits per heavy atom. The highest BCUT2D eigenvalue weighted by atomic mass is 35.5. The van der Waals surface area contributed by atoms with Gasteiger partial charge in [0.15, 0.2) is 5.78 Å². The number of aromatic nitrogens is 2. The molecule has 0 aliphatic rings. The Bertz CT molecular complexity index is 573. The summed E-state index contributed by atoms with van der Waals surface area (Å²) in [5, 5.41) is 5.31. The molecule has 1 atom stereocenters. The molecule has 1 heterocycles. The Morgan fingerprint density at radius 2 is 2.11 bits per heavy atom. The van der Waals surface area contributed by atoms with Crippen molar-refractivity contribution in [2.24, 2.45) is 0 Å². The maximum Gasteiger partial charge on any atom is 0.187 e. The van der Waals surface area contributed by atoms with Crippen LogP contribution in [-0.4, -0.2) is 15.6 Å². The Balaban J connectivity index is 2.29. The number of halogens is 2. The lowest BCUT2D eigenvalue weighted by Crippen LogP contribution is -2.17. The number of carbonyl (C=O) groups excluding carboxylic acids is 1. The van der Waals surface area contributed by atoms with Crippen molar-refractivity contribution < 1.29 is 4.79 Å². The number of carbonyl (C=O) groups is 1. The molecular weight excluding hydrogens is 271 g/mol. The summed E-state index contributed by atoms with van der Waals surface area (Å²) in [6, 6.07) is 6.47. The molecule has 1 aromatic heterocycles. The summed E-state index contributed by atoms with van der Waals surface area (Å²) in [6.07, 6.45) is 1.66. The van der Waals surface area contributed by atoms with E-state index in [1.807, 2.05) is 0 Å². The van der Waals surface area contributed by atoms with Crippen LogP contribution in [0.15, 0.2) is 30.5 Å². The topological polar surface area (TPSA) is 34.9 Å². The highest BCUT2D eigenvalue weighted by Gasteiger charge is 2.18. The van der Waals surface area contributed by atoms with Gasteiger partial charge in [0.05, 0.1) is 10.7 Å². The molecule has 0 bridgehead atoms. The first kappa shape index (κ1) is 13.1. The quantitative estimate of drug-likeness (QED) is 0.800. The van der Waals surface area contributed by atoms with Crippen LogP contribution in [0, 0.1) is 6.92 Å².